The molecule has 4 nitrogen and oxygen atoms in total. The van der Waals surface area contributed by atoms with Gasteiger partial charge < -0.3 is 10.2 Å². The summed E-state index contributed by atoms with van der Waals surface area (Å²) < 4.78 is 5.18. The molecule has 1 aromatic heterocycles. The summed E-state index contributed by atoms with van der Waals surface area (Å²) in [5.41, 5.74) is 5.78. The fourth-order valence-corrected chi connectivity index (χ4v) is 1.72. The van der Waals surface area contributed by atoms with Crippen LogP contribution in [0, 0.1) is 0 Å². The average molecular weight is 234 g/mol. The Hall–Kier alpha value is -1.75. The van der Waals surface area contributed by atoms with Gasteiger partial charge in [-0.15, -0.1) is 11.8 Å². The summed E-state index contributed by atoms with van der Waals surface area (Å²) in [5, 5.41) is 0. The number of nitrogens with zero attached hydrogens (tertiary/aromatic N) is 1. The van der Waals surface area contributed by atoms with Crippen LogP contribution < -0.4 is 11.3 Å². The van der Waals surface area contributed by atoms with Crippen LogP contribution in [0.4, 0.5) is 6.01 Å². The van der Waals surface area contributed by atoms with Crippen molar-refractivity contribution >= 4 is 17.8 Å². The van der Waals surface area contributed by atoms with Gasteiger partial charge in [-0.2, -0.15) is 4.98 Å². The number of hydrogen-bond donors (Lipinski definition) is 1. The van der Waals surface area contributed by atoms with Crippen LogP contribution in [0.1, 0.15) is 0 Å². The molecule has 0 unspecified atom stereocenters. The molecule has 1 aromatic carbocycles. The van der Waals surface area contributed by atoms with Crippen molar-refractivity contribution in [2.45, 2.75) is 4.90 Å². The zero-order valence-electron chi connectivity index (χ0n) is 8.64. The molecule has 0 fully saturated rings. The molecule has 0 saturated carbocycles. The largest absolute Gasteiger partial charge is 0.425 e. The maximum absolute atomic E-state index is 11.2. The summed E-state index contributed by atoms with van der Waals surface area (Å²) in [6.07, 6.45) is 2.00. The van der Waals surface area contributed by atoms with E-state index in [1.165, 1.54) is 6.07 Å². The van der Waals surface area contributed by atoms with Gasteiger partial charge in [-0.1, -0.05) is 12.1 Å². The minimum atomic E-state index is -0.396. The molecule has 82 valence electrons. The van der Waals surface area contributed by atoms with Crippen molar-refractivity contribution in [2.75, 3.05) is 12.0 Å². The van der Waals surface area contributed by atoms with E-state index >= 15 is 0 Å². The lowest BCUT2D eigenvalue weighted by atomic mass is 10.2. The van der Waals surface area contributed by atoms with Crippen LogP contribution in [0.5, 0.6) is 0 Å². The van der Waals surface area contributed by atoms with E-state index in [-0.39, 0.29) is 6.01 Å². The Labute approximate surface area is 96.5 Å². The second kappa shape index (κ2) is 4.40. The summed E-state index contributed by atoms with van der Waals surface area (Å²) in [6.45, 7) is 0. The van der Waals surface area contributed by atoms with Gasteiger partial charge in [0.1, 0.15) is 5.76 Å². The highest BCUT2D eigenvalue weighted by atomic mass is 32.2. The van der Waals surface area contributed by atoms with E-state index in [0.29, 0.717) is 5.76 Å². The van der Waals surface area contributed by atoms with E-state index in [4.69, 9.17) is 10.2 Å². The lowest BCUT2D eigenvalue weighted by Crippen LogP contribution is -2.07. The number of nitrogens with two attached hydrogens (primary N) is 1. The Kier molecular flexibility index (Phi) is 2.96. The predicted molar refractivity (Wildman–Crippen MR) is 64.4 cm³/mol. The highest BCUT2D eigenvalue weighted by molar-refractivity contribution is 7.98. The predicted octanol–water partition coefficient (Wildman–Crippen LogP) is 2.01. The quantitative estimate of drug-likeness (QED) is 0.805. The van der Waals surface area contributed by atoms with E-state index in [9.17, 15) is 4.79 Å². The van der Waals surface area contributed by atoms with Crippen molar-refractivity contribution < 1.29 is 4.42 Å². The summed E-state index contributed by atoms with van der Waals surface area (Å²) in [5.74, 6) is 0.435. The molecule has 0 radical (unpaired) electrons. The maximum Gasteiger partial charge on any atom is 0.295 e. The Morgan fingerprint density at radius 1 is 1.31 bits per heavy atom. The molecule has 0 aliphatic rings. The van der Waals surface area contributed by atoms with Crippen LogP contribution in [0.2, 0.25) is 0 Å². The Balaban J connectivity index is 2.46. The average Bonchev–Trinajstić information content (AvgIpc) is 2.28. The number of hydrogen-bond acceptors (Lipinski definition) is 5. The smallest absolute Gasteiger partial charge is 0.295 e. The molecule has 0 spiro atoms. The van der Waals surface area contributed by atoms with E-state index < -0.39 is 5.56 Å². The van der Waals surface area contributed by atoms with Crippen molar-refractivity contribution in [1.29, 1.82) is 0 Å². The minimum absolute atomic E-state index is 0.114. The molecule has 2 N–H and O–H groups in total. The Morgan fingerprint density at radius 2 is 2.00 bits per heavy atom. The second-order valence-electron chi connectivity index (χ2n) is 3.13. The number of benzene rings is 1. The van der Waals surface area contributed by atoms with Crippen LogP contribution in [-0.4, -0.2) is 11.2 Å². The van der Waals surface area contributed by atoms with Gasteiger partial charge in [0.25, 0.3) is 11.6 Å². The summed E-state index contributed by atoms with van der Waals surface area (Å²) in [7, 11) is 0. The van der Waals surface area contributed by atoms with Crippen LogP contribution in [0.15, 0.2) is 44.4 Å². The topological polar surface area (TPSA) is 69.1 Å². The van der Waals surface area contributed by atoms with E-state index in [0.717, 1.165) is 10.5 Å². The third-order valence-corrected chi connectivity index (χ3v) is 2.81. The van der Waals surface area contributed by atoms with Gasteiger partial charge >= 0.3 is 0 Å². The molecule has 2 rings (SSSR count). The molecule has 0 aliphatic carbocycles. The van der Waals surface area contributed by atoms with Gasteiger partial charge in [0.2, 0.25) is 0 Å². The molecule has 0 aliphatic heterocycles. The zero-order chi connectivity index (χ0) is 11.5. The lowest BCUT2D eigenvalue weighted by molar-refractivity contribution is 0.564. The number of anilines is 1. The highest BCUT2D eigenvalue weighted by Crippen LogP contribution is 2.22. The van der Waals surface area contributed by atoms with Gasteiger partial charge in [0, 0.05) is 16.5 Å². The van der Waals surface area contributed by atoms with Crippen molar-refractivity contribution in [1.82, 2.24) is 4.98 Å². The number of aromatic nitrogens is 1. The van der Waals surface area contributed by atoms with Gasteiger partial charge in [-0.25, -0.2) is 0 Å². The van der Waals surface area contributed by atoms with Crippen LogP contribution in [-0.2, 0) is 0 Å². The van der Waals surface area contributed by atoms with Crippen molar-refractivity contribution in [2.24, 2.45) is 0 Å². The highest BCUT2D eigenvalue weighted by Gasteiger charge is 2.03. The molecular weight excluding hydrogens is 224 g/mol. The first-order valence-electron chi connectivity index (χ1n) is 4.61. The second-order valence-corrected chi connectivity index (χ2v) is 4.01. The third kappa shape index (κ3) is 2.25. The normalized spacial score (nSPS) is 10.3. The van der Waals surface area contributed by atoms with Gasteiger partial charge in [0.15, 0.2) is 0 Å². The molecule has 0 bridgehead atoms. The Morgan fingerprint density at radius 3 is 2.56 bits per heavy atom. The summed E-state index contributed by atoms with van der Waals surface area (Å²) in [6, 6.07) is 8.88. The van der Waals surface area contributed by atoms with Crippen molar-refractivity contribution in [3.05, 3.63) is 40.7 Å². The molecule has 0 amide bonds. The van der Waals surface area contributed by atoms with Crippen LogP contribution in [0.3, 0.4) is 0 Å². The van der Waals surface area contributed by atoms with Gasteiger partial charge in [-0.05, 0) is 18.4 Å². The molecule has 0 atom stereocenters. The zero-order valence-corrected chi connectivity index (χ0v) is 9.45. The molecule has 0 saturated heterocycles. The summed E-state index contributed by atoms with van der Waals surface area (Å²) in [4.78, 5) is 15.7. The maximum atomic E-state index is 11.2. The fourth-order valence-electron chi connectivity index (χ4n) is 1.32. The Bertz CT molecular complexity index is 549. The monoisotopic (exact) mass is 234 g/mol. The first kappa shape index (κ1) is 10.8. The van der Waals surface area contributed by atoms with Crippen molar-refractivity contribution in [3.8, 4) is 11.3 Å². The lowest BCUT2D eigenvalue weighted by Gasteiger charge is -2.01. The molecule has 2 aromatic rings. The summed E-state index contributed by atoms with van der Waals surface area (Å²) >= 11 is 1.65. The standard InChI is InChI=1S/C11H10N2O2S/c1-16-8-4-2-7(3-5-8)9-6-10(14)13-11(12)15-9/h2-6H,1H3,(H2,12,13,14). The van der Waals surface area contributed by atoms with E-state index in [1.54, 1.807) is 11.8 Å². The first-order chi connectivity index (χ1) is 7.69. The fraction of sp³-hybridized carbons (Fsp3) is 0.0909. The SMILES string of the molecule is CSc1ccc(-c2cc(=O)nc(N)o2)cc1. The minimum Gasteiger partial charge on any atom is -0.425 e. The van der Waals surface area contributed by atoms with Crippen LogP contribution in [0.25, 0.3) is 11.3 Å². The number of thioether (sulfide) groups is 1. The van der Waals surface area contributed by atoms with E-state index in [1.807, 2.05) is 30.5 Å². The molecule has 1 heterocycles. The van der Waals surface area contributed by atoms with Gasteiger partial charge in [0.05, 0.1) is 0 Å². The van der Waals surface area contributed by atoms with Gasteiger partial charge in [-0.3, -0.25) is 4.79 Å². The van der Waals surface area contributed by atoms with Crippen LogP contribution >= 0.6 is 11.8 Å². The molecular formula is C11H10N2O2S. The molecule has 5 heteroatoms. The van der Waals surface area contributed by atoms with Crippen molar-refractivity contribution in [3.63, 3.8) is 0 Å². The molecule has 16 heavy (non-hydrogen) atoms. The first-order valence-corrected chi connectivity index (χ1v) is 5.83. The third-order valence-electron chi connectivity index (χ3n) is 2.06. The van der Waals surface area contributed by atoms with E-state index in [2.05, 4.69) is 4.98 Å². The number of nitrogen functional groups attached to an aromatic ring is 1. The number of rotatable bonds is 2.